The molecule has 0 saturated carbocycles. The highest BCUT2D eigenvalue weighted by Crippen LogP contribution is 2.43. The smallest absolute Gasteiger partial charge is 0.232 e. The molecule has 5 nitrogen and oxygen atoms in total. The lowest BCUT2D eigenvalue weighted by Gasteiger charge is -2.05. The molecule has 0 aromatic heterocycles. The van der Waals surface area contributed by atoms with Crippen molar-refractivity contribution in [2.45, 2.75) is 39.9 Å². The zero-order valence-electron chi connectivity index (χ0n) is 12.3. The molecule has 0 aromatic carbocycles. The first-order valence-corrected chi connectivity index (χ1v) is 9.09. The number of hydrogen-bond acceptors (Lipinski definition) is 6. The molecule has 7 heteroatoms. The lowest BCUT2D eigenvalue weighted by atomic mass is 10.5. The SMILES string of the molecule is CC(CO)SP(O)O.CCNCC.CCNCC. The highest BCUT2D eigenvalue weighted by atomic mass is 32.7. The molecule has 18 heavy (non-hydrogen) atoms. The van der Waals surface area contributed by atoms with Crippen molar-refractivity contribution in [3.63, 3.8) is 0 Å². The van der Waals surface area contributed by atoms with E-state index in [4.69, 9.17) is 14.9 Å². The highest BCUT2D eigenvalue weighted by molar-refractivity contribution is 8.52. The standard InChI is InChI=1S/2C4H11N.C3H9O3PS/c2*1-3-5-4-2;1-3(2-4)8-7(5)6/h2*5H,3-4H2,1-2H3;3-6H,2H2,1H3. The van der Waals surface area contributed by atoms with Gasteiger partial charge < -0.3 is 25.5 Å². The Morgan fingerprint density at radius 3 is 1.33 bits per heavy atom. The third kappa shape index (κ3) is 36.0. The maximum Gasteiger partial charge on any atom is 0.232 e. The van der Waals surface area contributed by atoms with Crippen LogP contribution in [0.3, 0.4) is 0 Å². The largest absolute Gasteiger partial charge is 0.395 e. The average Bonchev–Trinajstić information content (AvgIpc) is 2.32. The molecule has 5 N–H and O–H groups in total. The Balaban J connectivity index is -0.000000197. The quantitative estimate of drug-likeness (QED) is 0.459. The van der Waals surface area contributed by atoms with Crippen LogP contribution >= 0.6 is 19.0 Å². The van der Waals surface area contributed by atoms with Crippen LogP contribution in [-0.4, -0.2) is 52.9 Å². The van der Waals surface area contributed by atoms with E-state index in [1.807, 2.05) is 0 Å². The summed E-state index contributed by atoms with van der Waals surface area (Å²) >= 11 is 0.980. The molecular weight excluding hydrogens is 271 g/mol. The summed E-state index contributed by atoms with van der Waals surface area (Å²) in [6.07, 6.45) is 0. The van der Waals surface area contributed by atoms with Crippen LogP contribution in [0.2, 0.25) is 0 Å². The van der Waals surface area contributed by atoms with Gasteiger partial charge in [0.15, 0.2) is 0 Å². The van der Waals surface area contributed by atoms with E-state index in [1.165, 1.54) is 0 Å². The zero-order valence-corrected chi connectivity index (χ0v) is 14.0. The van der Waals surface area contributed by atoms with Gasteiger partial charge in [-0.05, 0) is 26.2 Å². The Morgan fingerprint density at radius 1 is 0.944 bits per heavy atom. The number of aliphatic hydroxyl groups is 1. The van der Waals surface area contributed by atoms with Gasteiger partial charge in [-0.15, -0.1) is 0 Å². The monoisotopic (exact) mass is 302 g/mol. The molecule has 0 spiro atoms. The summed E-state index contributed by atoms with van der Waals surface area (Å²) in [7, 11) is -1.89. The summed E-state index contributed by atoms with van der Waals surface area (Å²) in [6, 6.07) is 0. The molecule has 0 fully saturated rings. The summed E-state index contributed by atoms with van der Waals surface area (Å²) in [5.41, 5.74) is 0. The maximum absolute atomic E-state index is 8.35. The van der Waals surface area contributed by atoms with E-state index >= 15 is 0 Å². The summed E-state index contributed by atoms with van der Waals surface area (Å²) in [5, 5.41) is 14.5. The van der Waals surface area contributed by atoms with Crippen molar-refractivity contribution in [3.8, 4) is 0 Å². The van der Waals surface area contributed by atoms with E-state index in [0.717, 1.165) is 37.6 Å². The van der Waals surface area contributed by atoms with E-state index in [0.29, 0.717) is 0 Å². The van der Waals surface area contributed by atoms with Crippen molar-refractivity contribution in [1.82, 2.24) is 10.6 Å². The first kappa shape index (κ1) is 23.7. The minimum Gasteiger partial charge on any atom is -0.395 e. The second-order valence-corrected chi connectivity index (χ2v) is 6.40. The molecule has 0 saturated heterocycles. The molecule has 0 aliphatic rings. The van der Waals surface area contributed by atoms with E-state index in [9.17, 15) is 0 Å². The summed E-state index contributed by atoms with van der Waals surface area (Å²) in [5.74, 6) is 0. The number of rotatable bonds is 7. The molecule has 0 rings (SSSR count). The fourth-order valence-electron chi connectivity index (χ4n) is 0.694. The molecule has 1 atom stereocenters. The van der Waals surface area contributed by atoms with Gasteiger partial charge in [0.2, 0.25) is 7.58 Å². The van der Waals surface area contributed by atoms with Gasteiger partial charge in [-0.2, -0.15) is 0 Å². The van der Waals surface area contributed by atoms with Gasteiger partial charge in [0.1, 0.15) is 0 Å². The van der Waals surface area contributed by atoms with Crippen LogP contribution in [0.15, 0.2) is 0 Å². The van der Waals surface area contributed by atoms with Gasteiger partial charge in [-0.1, -0.05) is 46.0 Å². The number of hydrogen-bond donors (Lipinski definition) is 5. The van der Waals surface area contributed by atoms with E-state index in [2.05, 4.69) is 38.3 Å². The number of aliphatic hydroxyl groups excluding tert-OH is 1. The van der Waals surface area contributed by atoms with Crippen molar-refractivity contribution in [1.29, 1.82) is 0 Å². The Morgan fingerprint density at radius 2 is 1.28 bits per heavy atom. The minimum atomic E-state index is -1.89. The fourth-order valence-corrected chi connectivity index (χ4v) is 2.25. The van der Waals surface area contributed by atoms with E-state index in [-0.39, 0.29) is 11.9 Å². The molecule has 0 aliphatic carbocycles. The van der Waals surface area contributed by atoms with Crippen LogP contribution in [0.5, 0.6) is 0 Å². The van der Waals surface area contributed by atoms with Gasteiger partial charge >= 0.3 is 0 Å². The third-order valence-electron chi connectivity index (χ3n) is 1.53. The third-order valence-corrected chi connectivity index (χ3v) is 3.87. The number of nitrogens with one attached hydrogen (secondary N) is 2. The van der Waals surface area contributed by atoms with Crippen LogP contribution < -0.4 is 10.6 Å². The Bertz CT molecular complexity index is 125. The van der Waals surface area contributed by atoms with Gasteiger partial charge in [-0.3, -0.25) is 0 Å². The second kappa shape index (κ2) is 22.7. The molecule has 0 aromatic rings. The summed E-state index contributed by atoms with van der Waals surface area (Å²) in [4.78, 5) is 16.7. The van der Waals surface area contributed by atoms with Crippen molar-refractivity contribution in [2.75, 3.05) is 32.8 Å². The maximum atomic E-state index is 8.35. The first-order valence-electron chi connectivity index (χ1n) is 6.36. The highest BCUT2D eigenvalue weighted by Gasteiger charge is 2.05. The normalized spacial score (nSPS) is 11.2. The second-order valence-electron chi connectivity index (χ2n) is 3.27. The lowest BCUT2D eigenvalue weighted by Crippen LogP contribution is -2.09. The summed E-state index contributed by atoms with van der Waals surface area (Å²) in [6.45, 7) is 14.5. The topological polar surface area (TPSA) is 84.8 Å². The average molecular weight is 302 g/mol. The Hall–Kier alpha value is 0.580. The van der Waals surface area contributed by atoms with Gasteiger partial charge in [0.25, 0.3) is 0 Å². The van der Waals surface area contributed by atoms with Crippen LogP contribution in [0, 0.1) is 0 Å². The van der Waals surface area contributed by atoms with E-state index < -0.39 is 7.58 Å². The molecular formula is C11H31N2O3PS. The molecule has 0 amide bonds. The van der Waals surface area contributed by atoms with Crippen molar-refractivity contribution in [2.24, 2.45) is 0 Å². The predicted octanol–water partition coefficient (Wildman–Crippen LogP) is 1.54. The molecule has 0 heterocycles. The minimum absolute atomic E-state index is 0.00931. The van der Waals surface area contributed by atoms with Crippen LogP contribution in [0.4, 0.5) is 0 Å². The van der Waals surface area contributed by atoms with Gasteiger partial charge in [0, 0.05) is 5.25 Å². The van der Waals surface area contributed by atoms with Crippen molar-refractivity contribution < 1.29 is 14.9 Å². The lowest BCUT2D eigenvalue weighted by molar-refractivity contribution is 0.300. The molecule has 114 valence electrons. The molecule has 0 radical (unpaired) electrons. The molecule has 0 bridgehead atoms. The van der Waals surface area contributed by atoms with Crippen LogP contribution in [0.1, 0.15) is 34.6 Å². The predicted molar refractivity (Wildman–Crippen MR) is 83.9 cm³/mol. The van der Waals surface area contributed by atoms with Crippen LogP contribution in [0.25, 0.3) is 0 Å². The van der Waals surface area contributed by atoms with E-state index in [1.54, 1.807) is 6.92 Å². The first-order chi connectivity index (χ1) is 8.49. The Kier molecular flexibility index (Phi) is 29.9. The van der Waals surface area contributed by atoms with Crippen molar-refractivity contribution in [3.05, 3.63) is 0 Å². The van der Waals surface area contributed by atoms with Gasteiger partial charge in [-0.25, -0.2) is 0 Å². The fraction of sp³-hybridized carbons (Fsp3) is 1.00. The summed E-state index contributed by atoms with van der Waals surface area (Å²) < 4.78 is 0. The van der Waals surface area contributed by atoms with Crippen LogP contribution in [-0.2, 0) is 0 Å². The van der Waals surface area contributed by atoms with Gasteiger partial charge in [0.05, 0.1) is 6.61 Å². The molecule has 1 unspecified atom stereocenters. The van der Waals surface area contributed by atoms with Crippen molar-refractivity contribution >= 4 is 19.0 Å². The zero-order chi connectivity index (χ0) is 14.8. The molecule has 0 aliphatic heterocycles. The Labute approximate surface area is 117 Å².